The minimum absolute atomic E-state index is 0.0976. The first-order valence-electron chi connectivity index (χ1n) is 6.61. The van der Waals surface area contributed by atoms with Crippen molar-refractivity contribution in [2.75, 3.05) is 11.1 Å². The molecule has 0 radical (unpaired) electrons. The lowest BCUT2D eigenvalue weighted by Crippen LogP contribution is -2.13. The molecule has 24 heavy (non-hydrogen) atoms. The van der Waals surface area contributed by atoms with Crippen LogP contribution >= 0.6 is 0 Å². The summed E-state index contributed by atoms with van der Waals surface area (Å²) in [5.41, 5.74) is 4.36. The van der Waals surface area contributed by atoms with Gasteiger partial charge in [-0.2, -0.15) is 0 Å². The van der Waals surface area contributed by atoms with Crippen molar-refractivity contribution in [2.45, 2.75) is 6.92 Å². The van der Waals surface area contributed by atoms with E-state index < -0.39 is 33.6 Å². The molecule has 2 rings (SSSR count). The quantitative estimate of drug-likeness (QED) is 0.291. The van der Waals surface area contributed by atoms with Crippen LogP contribution in [0.15, 0.2) is 36.4 Å². The molecule has 0 fully saturated rings. The van der Waals surface area contributed by atoms with Crippen LogP contribution in [0.3, 0.4) is 0 Å². The molecule has 0 aliphatic rings. The zero-order valence-electron chi connectivity index (χ0n) is 12.4. The fourth-order valence-corrected chi connectivity index (χ4v) is 1.90. The van der Waals surface area contributed by atoms with Crippen molar-refractivity contribution in [2.24, 2.45) is 0 Å². The molecule has 0 aliphatic carbocycles. The van der Waals surface area contributed by atoms with Crippen LogP contribution in [0.1, 0.15) is 17.3 Å². The van der Waals surface area contributed by atoms with Gasteiger partial charge in [0.25, 0.3) is 5.69 Å². The van der Waals surface area contributed by atoms with Crippen molar-refractivity contribution < 1.29 is 23.6 Å². The number of rotatable bonds is 4. The van der Waals surface area contributed by atoms with Crippen LogP contribution in [0.4, 0.5) is 21.5 Å². The number of benzene rings is 2. The van der Waals surface area contributed by atoms with Gasteiger partial charge >= 0.3 is 5.97 Å². The number of nitro benzene ring substituents is 1. The molecule has 8 nitrogen and oxygen atoms in total. The zero-order chi connectivity index (χ0) is 17.9. The first-order valence-corrected chi connectivity index (χ1v) is 6.61. The van der Waals surface area contributed by atoms with Crippen LogP contribution in [-0.2, 0) is 4.79 Å². The van der Waals surface area contributed by atoms with Crippen LogP contribution in [-0.4, -0.2) is 16.8 Å². The summed E-state index contributed by atoms with van der Waals surface area (Å²) in [6, 6.07) is 7.15. The number of nitrogen functional groups attached to an aromatic ring is 1. The number of esters is 1. The lowest BCUT2D eigenvalue weighted by atomic mass is 10.1. The lowest BCUT2D eigenvalue weighted by Gasteiger charge is -2.08. The van der Waals surface area contributed by atoms with Gasteiger partial charge in [0, 0.05) is 12.6 Å². The SMILES string of the molecule is CC(=O)Nc1ccc(OC(=O)c2cc(F)cc([N+](=O)[O-])c2N)cc1. The molecular weight excluding hydrogens is 321 g/mol. The number of nitrogens with one attached hydrogen (secondary N) is 1. The number of amides is 1. The Labute approximate surface area is 135 Å². The summed E-state index contributed by atoms with van der Waals surface area (Å²) in [4.78, 5) is 32.9. The monoisotopic (exact) mass is 333 g/mol. The number of nitrogens with zero attached hydrogens (tertiary/aromatic N) is 1. The standard InChI is InChI=1S/C15H12FN3O5/c1-8(20)18-10-2-4-11(5-3-10)24-15(21)12-6-9(16)7-13(14(12)17)19(22)23/h2-7H,17H2,1H3,(H,18,20). The van der Waals surface area contributed by atoms with Gasteiger partial charge < -0.3 is 15.8 Å². The molecule has 0 aromatic heterocycles. The molecule has 0 bridgehead atoms. The van der Waals surface area contributed by atoms with E-state index in [1.807, 2.05) is 0 Å². The summed E-state index contributed by atoms with van der Waals surface area (Å²) in [7, 11) is 0. The van der Waals surface area contributed by atoms with Crippen molar-refractivity contribution in [1.82, 2.24) is 0 Å². The summed E-state index contributed by atoms with van der Waals surface area (Å²) < 4.78 is 18.4. The van der Waals surface area contributed by atoms with Crippen LogP contribution < -0.4 is 15.8 Å². The number of anilines is 2. The Morgan fingerprint density at radius 2 is 1.88 bits per heavy atom. The predicted molar refractivity (Wildman–Crippen MR) is 83.2 cm³/mol. The molecule has 0 saturated carbocycles. The number of halogens is 1. The topological polar surface area (TPSA) is 125 Å². The van der Waals surface area contributed by atoms with E-state index in [4.69, 9.17) is 10.5 Å². The first kappa shape index (κ1) is 16.9. The highest BCUT2D eigenvalue weighted by molar-refractivity contribution is 5.98. The average Bonchev–Trinajstić information content (AvgIpc) is 2.50. The molecule has 3 N–H and O–H groups in total. The zero-order valence-corrected chi connectivity index (χ0v) is 12.4. The van der Waals surface area contributed by atoms with Gasteiger partial charge in [-0.1, -0.05) is 0 Å². The largest absolute Gasteiger partial charge is 0.423 e. The van der Waals surface area contributed by atoms with Crippen LogP contribution in [0, 0.1) is 15.9 Å². The first-order chi connectivity index (χ1) is 11.3. The number of ether oxygens (including phenoxy) is 1. The van der Waals surface area contributed by atoms with Crippen LogP contribution in [0.2, 0.25) is 0 Å². The highest BCUT2D eigenvalue weighted by Gasteiger charge is 2.23. The minimum Gasteiger partial charge on any atom is -0.423 e. The van der Waals surface area contributed by atoms with Gasteiger partial charge in [0.1, 0.15) is 17.3 Å². The van der Waals surface area contributed by atoms with Gasteiger partial charge in [-0.25, -0.2) is 9.18 Å². The molecular formula is C15H12FN3O5. The van der Waals surface area contributed by atoms with E-state index >= 15 is 0 Å². The number of carbonyl (C=O) groups is 2. The summed E-state index contributed by atoms with van der Waals surface area (Å²) in [6.07, 6.45) is 0. The molecule has 124 valence electrons. The molecule has 2 aromatic carbocycles. The Morgan fingerprint density at radius 1 is 1.25 bits per heavy atom. The van der Waals surface area contributed by atoms with Gasteiger partial charge in [0.15, 0.2) is 0 Å². The van der Waals surface area contributed by atoms with E-state index in [9.17, 15) is 24.1 Å². The highest BCUT2D eigenvalue weighted by atomic mass is 19.1. The molecule has 0 unspecified atom stereocenters. The van der Waals surface area contributed by atoms with E-state index in [-0.39, 0.29) is 11.7 Å². The van der Waals surface area contributed by atoms with Crippen molar-refractivity contribution in [3.05, 3.63) is 57.9 Å². The van der Waals surface area contributed by atoms with Crippen molar-refractivity contribution >= 4 is 28.9 Å². The fraction of sp³-hybridized carbons (Fsp3) is 0.0667. The third kappa shape index (κ3) is 3.83. The number of carbonyl (C=O) groups excluding carboxylic acids is 2. The average molecular weight is 333 g/mol. The smallest absolute Gasteiger partial charge is 0.346 e. The van der Waals surface area contributed by atoms with Gasteiger partial charge in [-0.3, -0.25) is 14.9 Å². The Hall–Kier alpha value is -3.49. The minimum atomic E-state index is -1.04. The summed E-state index contributed by atoms with van der Waals surface area (Å²) >= 11 is 0. The normalized spacial score (nSPS) is 10.1. The third-order valence-corrected chi connectivity index (χ3v) is 2.92. The maximum absolute atomic E-state index is 13.4. The molecule has 9 heteroatoms. The number of hydrogen-bond acceptors (Lipinski definition) is 6. The molecule has 0 atom stereocenters. The van der Waals surface area contributed by atoms with Gasteiger partial charge in [-0.15, -0.1) is 0 Å². The number of nitrogens with two attached hydrogens (primary N) is 1. The van der Waals surface area contributed by atoms with E-state index in [2.05, 4.69) is 5.32 Å². The molecule has 2 aromatic rings. The van der Waals surface area contributed by atoms with Gasteiger partial charge in [0.05, 0.1) is 16.6 Å². The summed E-state index contributed by atoms with van der Waals surface area (Å²) in [5.74, 6) is -2.19. The van der Waals surface area contributed by atoms with Gasteiger partial charge in [0.2, 0.25) is 5.91 Å². The maximum Gasteiger partial charge on any atom is 0.346 e. The van der Waals surface area contributed by atoms with Crippen LogP contribution in [0.5, 0.6) is 5.75 Å². The Bertz CT molecular complexity index is 821. The lowest BCUT2D eigenvalue weighted by molar-refractivity contribution is -0.384. The molecule has 0 aliphatic heterocycles. The molecule has 0 spiro atoms. The highest BCUT2D eigenvalue weighted by Crippen LogP contribution is 2.28. The van der Waals surface area contributed by atoms with E-state index in [1.54, 1.807) is 0 Å². The second-order valence-electron chi connectivity index (χ2n) is 4.74. The summed E-state index contributed by atoms with van der Waals surface area (Å²) in [6.45, 7) is 1.34. The maximum atomic E-state index is 13.4. The second-order valence-corrected chi connectivity index (χ2v) is 4.74. The van der Waals surface area contributed by atoms with Gasteiger partial charge in [-0.05, 0) is 30.3 Å². The molecule has 0 heterocycles. The Morgan fingerprint density at radius 3 is 2.42 bits per heavy atom. The second kappa shape index (κ2) is 6.73. The Kier molecular flexibility index (Phi) is 4.73. The Balaban J connectivity index is 2.24. The van der Waals surface area contributed by atoms with Crippen molar-refractivity contribution in [3.8, 4) is 5.75 Å². The van der Waals surface area contributed by atoms with E-state index in [1.165, 1.54) is 31.2 Å². The number of hydrogen-bond donors (Lipinski definition) is 2. The van der Waals surface area contributed by atoms with Crippen molar-refractivity contribution in [1.29, 1.82) is 0 Å². The molecule has 1 amide bonds. The number of nitro groups is 1. The fourth-order valence-electron chi connectivity index (χ4n) is 1.90. The van der Waals surface area contributed by atoms with E-state index in [0.29, 0.717) is 11.8 Å². The predicted octanol–water partition coefficient (Wildman–Crippen LogP) is 2.49. The van der Waals surface area contributed by atoms with Crippen LogP contribution in [0.25, 0.3) is 0 Å². The van der Waals surface area contributed by atoms with E-state index in [0.717, 1.165) is 6.07 Å². The summed E-state index contributed by atoms with van der Waals surface area (Å²) in [5, 5.41) is 13.3. The van der Waals surface area contributed by atoms with Crippen molar-refractivity contribution in [3.63, 3.8) is 0 Å². The molecule has 0 saturated heterocycles. The third-order valence-electron chi connectivity index (χ3n) is 2.92.